The number of nitrogens with one attached hydrogen (secondary N) is 1. The molecule has 2 fully saturated rings. The van der Waals surface area contributed by atoms with Crippen LogP contribution in [0.15, 0.2) is 4.99 Å². The Morgan fingerprint density at radius 1 is 1.14 bits per heavy atom. The van der Waals surface area contributed by atoms with Gasteiger partial charge in [0, 0.05) is 51.2 Å². The van der Waals surface area contributed by atoms with Gasteiger partial charge in [-0.3, -0.25) is 14.7 Å². The molecule has 1 N–H and O–H groups in total. The predicted octanol–water partition coefficient (Wildman–Crippen LogP) is 0.930. The second-order valence-corrected chi connectivity index (χ2v) is 8.19. The molecule has 0 aliphatic carbocycles. The third kappa shape index (κ3) is 6.26. The highest BCUT2D eigenvalue weighted by Crippen LogP contribution is 2.16. The van der Waals surface area contributed by atoms with Crippen molar-refractivity contribution in [2.24, 2.45) is 4.99 Å². The number of hydrogen-bond acceptors (Lipinski definition) is 6. The Morgan fingerprint density at radius 3 is 2.39 bits per heavy atom. The fourth-order valence-corrected chi connectivity index (χ4v) is 4.20. The molecule has 0 spiro atoms. The van der Waals surface area contributed by atoms with Crippen molar-refractivity contribution in [3.63, 3.8) is 0 Å². The van der Waals surface area contributed by atoms with Gasteiger partial charge >= 0.3 is 0 Å². The van der Waals surface area contributed by atoms with Crippen molar-refractivity contribution < 1.29 is 9.53 Å². The standard InChI is InChI=1S/C18H30N6O2S.HI/c1-14-15(2)27-16(21-14)12-20-18(19-3)24-6-4-22(5-7-24)13-17(25)23-8-10-26-11-9-23;/h4-13H2,1-3H3,(H,19,20);1H. The molecule has 0 unspecified atom stereocenters. The molecule has 0 aromatic carbocycles. The zero-order chi connectivity index (χ0) is 19.2. The first kappa shape index (κ1) is 23.3. The quantitative estimate of drug-likeness (QED) is 0.361. The van der Waals surface area contributed by atoms with E-state index in [0.717, 1.165) is 42.8 Å². The van der Waals surface area contributed by atoms with E-state index in [4.69, 9.17) is 4.74 Å². The molecule has 158 valence electrons. The Morgan fingerprint density at radius 2 is 1.82 bits per heavy atom. The Kier molecular flexibility index (Phi) is 9.38. The molecule has 3 heterocycles. The lowest BCUT2D eigenvalue weighted by molar-refractivity contribution is -0.136. The van der Waals surface area contributed by atoms with Crippen molar-refractivity contribution in [2.75, 3.05) is 66.1 Å². The smallest absolute Gasteiger partial charge is 0.236 e. The average molecular weight is 522 g/mol. The van der Waals surface area contributed by atoms with Crippen LogP contribution in [0, 0.1) is 13.8 Å². The maximum atomic E-state index is 12.4. The van der Waals surface area contributed by atoms with E-state index in [1.807, 2.05) is 18.9 Å². The average Bonchev–Trinajstić information content (AvgIpc) is 3.01. The number of aryl methyl sites for hydroxylation is 2. The number of ether oxygens (including phenoxy) is 1. The van der Waals surface area contributed by atoms with Gasteiger partial charge in [-0.2, -0.15) is 0 Å². The van der Waals surface area contributed by atoms with Gasteiger partial charge in [0.1, 0.15) is 5.01 Å². The number of aromatic nitrogens is 1. The number of halogens is 1. The first-order chi connectivity index (χ1) is 13.1. The molecule has 10 heteroatoms. The van der Waals surface area contributed by atoms with Crippen molar-refractivity contribution >= 4 is 47.2 Å². The number of amides is 1. The van der Waals surface area contributed by atoms with Crippen LogP contribution in [0.25, 0.3) is 0 Å². The van der Waals surface area contributed by atoms with Gasteiger partial charge in [0.15, 0.2) is 5.96 Å². The fraction of sp³-hybridized carbons (Fsp3) is 0.722. The lowest BCUT2D eigenvalue weighted by Crippen LogP contribution is -2.54. The van der Waals surface area contributed by atoms with Crippen LogP contribution < -0.4 is 5.32 Å². The van der Waals surface area contributed by atoms with Crippen LogP contribution in [0.4, 0.5) is 0 Å². The van der Waals surface area contributed by atoms with Crippen LogP contribution in [0.1, 0.15) is 15.6 Å². The summed E-state index contributed by atoms with van der Waals surface area (Å²) >= 11 is 1.73. The lowest BCUT2D eigenvalue weighted by Gasteiger charge is -2.37. The normalized spacial score (nSPS) is 18.8. The number of piperazine rings is 1. The van der Waals surface area contributed by atoms with Gasteiger partial charge < -0.3 is 19.9 Å². The molecule has 0 saturated carbocycles. The van der Waals surface area contributed by atoms with Crippen molar-refractivity contribution in [1.29, 1.82) is 0 Å². The summed E-state index contributed by atoms with van der Waals surface area (Å²) in [6, 6.07) is 0. The van der Waals surface area contributed by atoms with E-state index < -0.39 is 0 Å². The number of nitrogens with zero attached hydrogens (tertiary/aromatic N) is 5. The maximum absolute atomic E-state index is 12.4. The predicted molar refractivity (Wildman–Crippen MR) is 123 cm³/mol. The van der Waals surface area contributed by atoms with Gasteiger partial charge in [-0.1, -0.05) is 0 Å². The minimum absolute atomic E-state index is 0. The molecule has 2 saturated heterocycles. The highest BCUT2D eigenvalue weighted by Gasteiger charge is 2.24. The van der Waals surface area contributed by atoms with Crippen molar-refractivity contribution in [2.45, 2.75) is 20.4 Å². The summed E-state index contributed by atoms with van der Waals surface area (Å²) < 4.78 is 5.32. The first-order valence-corrected chi connectivity index (χ1v) is 10.3. The molecule has 1 aromatic rings. The van der Waals surface area contributed by atoms with Crippen molar-refractivity contribution in [3.8, 4) is 0 Å². The van der Waals surface area contributed by atoms with Crippen LogP contribution in [-0.2, 0) is 16.1 Å². The fourth-order valence-electron chi connectivity index (χ4n) is 3.32. The van der Waals surface area contributed by atoms with Crippen LogP contribution in [0.5, 0.6) is 0 Å². The molecule has 0 atom stereocenters. The molecular formula is C18H31IN6O2S. The molecule has 2 aliphatic rings. The zero-order valence-electron chi connectivity index (χ0n) is 16.9. The zero-order valence-corrected chi connectivity index (χ0v) is 20.1. The second-order valence-electron chi connectivity index (χ2n) is 6.91. The third-order valence-corrected chi connectivity index (χ3v) is 6.15. The van der Waals surface area contributed by atoms with Gasteiger partial charge in [0.25, 0.3) is 0 Å². The summed E-state index contributed by atoms with van der Waals surface area (Å²) in [5.41, 5.74) is 1.10. The number of carbonyl (C=O) groups is 1. The van der Waals surface area contributed by atoms with E-state index in [1.54, 1.807) is 11.3 Å². The van der Waals surface area contributed by atoms with E-state index in [9.17, 15) is 4.79 Å². The van der Waals surface area contributed by atoms with Crippen LogP contribution in [0.2, 0.25) is 0 Å². The van der Waals surface area contributed by atoms with Gasteiger partial charge in [0.05, 0.1) is 32.0 Å². The number of morpholine rings is 1. The van der Waals surface area contributed by atoms with E-state index in [0.29, 0.717) is 39.4 Å². The molecule has 3 rings (SSSR count). The molecule has 2 aliphatic heterocycles. The number of rotatable bonds is 4. The Balaban J connectivity index is 0.00000280. The number of aliphatic imine (C=N–C) groups is 1. The summed E-state index contributed by atoms with van der Waals surface area (Å²) in [6.45, 7) is 11.5. The van der Waals surface area contributed by atoms with Gasteiger partial charge in [-0.15, -0.1) is 35.3 Å². The molecular weight excluding hydrogens is 491 g/mol. The lowest BCUT2D eigenvalue weighted by atomic mass is 10.3. The Labute approximate surface area is 188 Å². The number of carbonyl (C=O) groups excluding carboxylic acids is 1. The minimum Gasteiger partial charge on any atom is -0.378 e. The van der Waals surface area contributed by atoms with Crippen LogP contribution in [0.3, 0.4) is 0 Å². The van der Waals surface area contributed by atoms with Crippen LogP contribution in [-0.4, -0.2) is 97.6 Å². The van der Waals surface area contributed by atoms with Gasteiger partial charge in [-0.25, -0.2) is 4.98 Å². The molecule has 1 aromatic heterocycles. The molecule has 28 heavy (non-hydrogen) atoms. The summed E-state index contributed by atoms with van der Waals surface area (Å²) in [7, 11) is 1.81. The van der Waals surface area contributed by atoms with Gasteiger partial charge in [-0.05, 0) is 13.8 Å². The molecule has 8 nitrogen and oxygen atoms in total. The number of thiazole rings is 1. The second kappa shape index (κ2) is 11.3. The summed E-state index contributed by atoms with van der Waals surface area (Å²) in [5, 5.41) is 4.50. The first-order valence-electron chi connectivity index (χ1n) is 9.53. The van der Waals surface area contributed by atoms with Crippen molar-refractivity contribution in [3.05, 3.63) is 15.6 Å². The van der Waals surface area contributed by atoms with E-state index >= 15 is 0 Å². The number of hydrogen-bond donors (Lipinski definition) is 1. The summed E-state index contributed by atoms with van der Waals surface area (Å²) in [6.07, 6.45) is 0. The summed E-state index contributed by atoms with van der Waals surface area (Å²) in [5.74, 6) is 1.11. The minimum atomic E-state index is 0. The molecule has 1 amide bonds. The van der Waals surface area contributed by atoms with E-state index in [1.165, 1.54) is 4.88 Å². The summed E-state index contributed by atoms with van der Waals surface area (Å²) in [4.78, 5) is 29.0. The van der Waals surface area contributed by atoms with E-state index in [-0.39, 0.29) is 29.9 Å². The SMILES string of the molecule is CN=C(NCc1nc(C)c(C)s1)N1CCN(CC(=O)N2CCOCC2)CC1.I. The molecule has 0 bridgehead atoms. The monoisotopic (exact) mass is 522 g/mol. The molecule has 0 radical (unpaired) electrons. The third-order valence-electron chi connectivity index (χ3n) is 5.08. The maximum Gasteiger partial charge on any atom is 0.236 e. The van der Waals surface area contributed by atoms with Gasteiger partial charge in [0.2, 0.25) is 5.91 Å². The Bertz CT molecular complexity index is 650. The number of guanidine groups is 1. The van der Waals surface area contributed by atoms with E-state index in [2.05, 4.69) is 32.0 Å². The largest absolute Gasteiger partial charge is 0.378 e. The van der Waals surface area contributed by atoms with Crippen molar-refractivity contribution in [1.82, 2.24) is 25.0 Å². The topological polar surface area (TPSA) is 73.3 Å². The van der Waals surface area contributed by atoms with Crippen LogP contribution >= 0.6 is 35.3 Å². The highest BCUT2D eigenvalue weighted by molar-refractivity contribution is 14.0. The Hall–Kier alpha value is -0.980. The highest BCUT2D eigenvalue weighted by atomic mass is 127.